The van der Waals surface area contributed by atoms with E-state index < -0.39 is 11.5 Å². The molecule has 0 amide bonds. The number of fused-ring (bicyclic) bond motifs is 1. The fourth-order valence-electron chi connectivity index (χ4n) is 4.02. The number of anilines is 1. The third-order valence-electron chi connectivity index (χ3n) is 5.12. The number of aromatic amines is 1. The number of Topliss-reactive ketones (excluding diaryl/α,β-unsaturated/α-hetero) is 1. The van der Waals surface area contributed by atoms with Crippen LogP contribution in [0.4, 0.5) is 5.69 Å². The van der Waals surface area contributed by atoms with Crippen molar-refractivity contribution in [3.05, 3.63) is 46.8 Å². The average Bonchev–Trinajstić information content (AvgIpc) is 2.85. The number of aromatic nitrogens is 2. The summed E-state index contributed by atoms with van der Waals surface area (Å²) in [5.74, 6) is -0.657. The van der Waals surface area contributed by atoms with Crippen LogP contribution < -0.4 is 4.90 Å². The number of nitrogens with zero attached hydrogens (tertiary/aromatic N) is 2. The number of H-pyrrole nitrogens is 1. The van der Waals surface area contributed by atoms with Gasteiger partial charge in [0.05, 0.1) is 17.2 Å². The lowest BCUT2D eigenvalue weighted by atomic mass is 9.64. The second-order valence-electron chi connectivity index (χ2n) is 7.29. The lowest BCUT2D eigenvalue weighted by Crippen LogP contribution is -2.48. The van der Waals surface area contributed by atoms with Crippen molar-refractivity contribution in [1.29, 1.82) is 0 Å². The Bertz CT molecular complexity index is 759. The average molecular weight is 327 g/mol. The molecule has 1 aromatic heterocycles. The van der Waals surface area contributed by atoms with Crippen LogP contribution in [0.1, 0.15) is 42.3 Å². The topological polar surface area (TPSA) is 69.2 Å². The molecule has 0 saturated heterocycles. The van der Waals surface area contributed by atoms with E-state index in [1.165, 1.54) is 0 Å². The second kappa shape index (κ2) is 5.74. The Labute approximate surface area is 142 Å². The first kappa shape index (κ1) is 16.7. The minimum absolute atomic E-state index is 0.00735. The summed E-state index contributed by atoms with van der Waals surface area (Å²) in [6.45, 7) is 5.29. The van der Waals surface area contributed by atoms with Gasteiger partial charge in [-0.1, -0.05) is 12.1 Å². The van der Waals surface area contributed by atoms with Crippen LogP contribution in [-0.2, 0) is 11.2 Å². The predicted molar refractivity (Wildman–Crippen MR) is 94.4 cm³/mol. The number of carbonyl (C=O) groups excluding carboxylic acids is 1. The van der Waals surface area contributed by atoms with Gasteiger partial charge in [0, 0.05) is 43.4 Å². The fraction of sp³-hybridized carbons (Fsp3) is 0.474. The standard InChI is InChI=1S/C19H25N3O2/c1-11-16-15(21-20-11)10-19(3,24)18(12(2)23)17(16)13-6-8-14(9-7-13)22(4)5/h6-9,17-18,24H,10H2,1-5H3,(H,20,21)/t17-,18+,19-/m0/s1. The van der Waals surface area contributed by atoms with E-state index in [2.05, 4.69) is 10.2 Å². The van der Waals surface area contributed by atoms with E-state index in [1.54, 1.807) is 13.8 Å². The fourth-order valence-corrected chi connectivity index (χ4v) is 4.02. The number of carbonyl (C=O) groups is 1. The number of ketones is 1. The van der Waals surface area contributed by atoms with Crippen molar-refractivity contribution in [3.63, 3.8) is 0 Å². The molecule has 0 aliphatic heterocycles. The van der Waals surface area contributed by atoms with Gasteiger partial charge < -0.3 is 10.0 Å². The van der Waals surface area contributed by atoms with Crippen molar-refractivity contribution >= 4 is 11.5 Å². The Morgan fingerprint density at radius 2 is 1.96 bits per heavy atom. The highest BCUT2D eigenvalue weighted by atomic mass is 16.3. The Morgan fingerprint density at radius 1 is 1.33 bits per heavy atom. The molecule has 1 aromatic carbocycles. The Hall–Kier alpha value is -2.14. The molecule has 1 heterocycles. The van der Waals surface area contributed by atoms with Crippen LogP contribution in [0.3, 0.4) is 0 Å². The van der Waals surface area contributed by atoms with E-state index in [0.29, 0.717) is 6.42 Å². The molecular weight excluding hydrogens is 302 g/mol. The summed E-state index contributed by atoms with van der Waals surface area (Å²) in [6, 6.07) is 8.19. The predicted octanol–water partition coefficient (Wildman–Crippen LogP) is 2.43. The maximum absolute atomic E-state index is 12.4. The summed E-state index contributed by atoms with van der Waals surface area (Å²) in [5.41, 5.74) is 3.91. The summed E-state index contributed by atoms with van der Waals surface area (Å²) in [4.78, 5) is 14.5. The summed E-state index contributed by atoms with van der Waals surface area (Å²) >= 11 is 0. The molecule has 2 N–H and O–H groups in total. The normalized spacial score (nSPS) is 26.1. The largest absolute Gasteiger partial charge is 0.389 e. The molecule has 2 aromatic rings. The quantitative estimate of drug-likeness (QED) is 0.908. The van der Waals surface area contributed by atoms with Crippen LogP contribution in [0.2, 0.25) is 0 Å². The molecule has 0 bridgehead atoms. The van der Waals surface area contributed by atoms with E-state index in [4.69, 9.17) is 0 Å². The van der Waals surface area contributed by atoms with E-state index in [0.717, 1.165) is 28.2 Å². The smallest absolute Gasteiger partial charge is 0.136 e. The molecule has 5 heteroatoms. The van der Waals surface area contributed by atoms with Gasteiger partial charge >= 0.3 is 0 Å². The van der Waals surface area contributed by atoms with E-state index in [9.17, 15) is 9.90 Å². The first-order valence-electron chi connectivity index (χ1n) is 8.26. The summed E-state index contributed by atoms with van der Waals surface area (Å²) < 4.78 is 0. The van der Waals surface area contributed by atoms with Crippen molar-refractivity contribution in [3.8, 4) is 0 Å². The van der Waals surface area contributed by atoms with Gasteiger partial charge in [0.1, 0.15) is 5.78 Å². The number of benzene rings is 1. The highest BCUT2D eigenvalue weighted by Gasteiger charge is 2.48. The lowest BCUT2D eigenvalue weighted by Gasteiger charge is -2.41. The van der Waals surface area contributed by atoms with Gasteiger partial charge in [-0.05, 0) is 38.5 Å². The highest BCUT2D eigenvalue weighted by molar-refractivity contribution is 5.82. The van der Waals surface area contributed by atoms with Crippen molar-refractivity contribution in [2.75, 3.05) is 19.0 Å². The third kappa shape index (κ3) is 2.63. The minimum atomic E-state index is -1.11. The molecule has 0 fully saturated rings. The zero-order valence-corrected chi connectivity index (χ0v) is 14.9. The van der Waals surface area contributed by atoms with E-state index >= 15 is 0 Å². The molecule has 1 aliphatic carbocycles. The summed E-state index contributed by atoms with van der Waals surface area (Å²) in [6.07, 6.45) is 0.392. The van der Waals surface area contributed by atoms with Gasteiger partial charge in [0.15, 0.2) is 0 Å². The van der Waals surface area contributed by atoms with Crippen LogP contribution in [0.15, 0.2) is 24.3 Å². The molecule has 0 unspecified atom stereocenters. The van der Waals surface area contributed by atoms with Crippen LogP contribution in [0.25, 0.3) is 0 Å². The number of hydrogen-bond acceptors (Lipinski definition) is 4. The molecule has 0 spiro atoms. The zero-order chi connectivity index (χ0) is 17.6. The van der Waals surface area contributed by atoms with E-state index in [-0.39, 0.29) is 11.7 Å². The molecule has 1 aliphatic rings. The first-order valence-corrected chi connectivity index (χ1v) is 8.26. The van der Waals surface area contributed by atoms with Crippen LogP contribution in [-0.4, -0.2) is 40.8 Å². The monoisotopic (exact) mass is 327 g/mol. The van der Waals surface area contributed by atoms with Gasteiger partial charge in [-0.15, -0.1) is 0 Å². The Morgan fingerprint density at radius 3 is 2.50 bits per heavy atom. The number of rotatable bonds is 3. The van der Waals surface area contributed by atoms with Crippen molar-refractivity contribution in [1.82, 2.24) is 10.2 Å². The number of hydrogen-bond donors (Lipinski definition) is 2. The molecule has 24 heavy (non-hydrogen) atoms. The van der Waals surface area contributed by atoms with Crippen LogP contribution in [0, 0.1) is 12.8 Å². The van der Waals surface area contributed by atoms with Gasteiger partial charge in [-0.3, -0.25) is 9.89 Å². The maximum atomic E-state index is 12.4. The second-order valence-corrected chi connectivity index (χ2v) is 7.29. The number of aliphatic hydroxyl groups is 1. The van der Waals surface area contributed by atoms with Gasteiger partial charge in [-0.2, -0.15) is 5.10 Å². The van der Waals surface area contributed by atoms with Crippen molar-refractivity contribution in [2.45, 2.75) is 38.7 Å². The SMILES string of the molecule is CC(=O)[C@@H]1[C@@H](c2ccc(N(C)C)cc2)c2c(n[nH]c2C)C[C@]1(C)O. The molecule has 5 nitrogen and oxygen atoms in total. The zero-order valence-electron chi connectivity index (χ0n) is 14.9. The lowest BCUT2D eigenvalue weighted by molar-refractivity contribution is -0.130. The third-order valence-corrected chi connectivity index (χ3v) is 5.12. The molecular formula is C19H25N3O2. The molecule has 0 saturated carbocycles. The van der Waals surface area contributed by atoms with E-state index in [1.807, 2.05) is 50.2 Å². The van der Waals surface area contributed by atoms with Crippen LogP contribution >= 0.6 is 0 Å². The molecule has 0 radical (unpaired) electrons. The van der Waals surface area contributed by atoms with Crippen molar-refractivity contribution < 1.29 is 9.90 Å². The number of nitrogens with one attached hydrogen (secondary N) is 1. The molecule has 3 rings (SSSR count). The summed E-state index contributed by atoms with van der Waals surface area (Å²) in [7, 11) is 3.99. The Kier molecular flexibility index (Phi) is 4.00. The van der Waals surface area contributed by atoms with Gasteiger partial charge in [-0.25, -0.2) is 0 Å². The first-order chi connectivity index (χ1) is 11.2. The Balaban J connectivity index is 2.17. The van der Waals surface area contributed by atoms with Gasteiger partial charge in [0.25, 0.3) is 0 Å². The van der Waals surface area contributed by atoms with Crippen molar-refractivity contribution in [2.24, 2.45) is 5.92 Å². The van der Waals surface area contributed by atoms with Gasteiger partial charge in [0.2, 0.25) is 0 Å². The highest BCUT2D eigenvalue weighted by Crippen LogP contribution is 2.46. The molecule has 3 atom stereocenters. The summed E-state index contributed by atoms with van der Waals surface area (Å²) in [5, 5.41) is 18.3. The van der Waals surface area contributed by atoms with Crippen LogP contribution in [0.5, 0.6) is 0 Å². The number of aryl methyl sites for hydroxylation is 1. The minimum Gasteiger partial charge on any atom is -0.389 e. The maximum Gasteiger partial charge on any atom is 0.136 e. The molecule has 128 valence electrons.